The van der Waals surface area contributed by atoms with Crippen LogP contribution in [0.4, 0.5) is 34.1 Å². The van der Waals surface area contributed by atoms with Crippen molar-refractivity contribution in [3.05, 3.63) is 157 Å². The van der Waals surface area contributed by atoms with Crippen molar-refractivity contribution in [3.8, 4) is 0 Å². The van der Waals surface area contributed by atoms with Crippen molar-refractivity contribution in [2.45, 2.75) is 6.92 Å². The Morgan fingerprint density at radius 1 is 0.400 bits per heavy atom. The van der Waals surface area contributed by atoms with Gasteiger partial charge in [0.05, 0.1) is 0 Å². The molecule has 0 aliphatic carbocycles. The average molecular weight is 517 g/mol. The lowest BCUT2D eigenvalue weighted by atomic mass is 10.1. The van der Waals surface area contributed by atoms with E-state index in [9.17, 15) is 0 Å². The second kappa shape index (κ2) is 10.1. The van der Waals surface area contributed by atoms with Gasteiger partial charge in [-0.25, -0.2) is 0 Å². The Hall–Kier alpha value is -5.28. The summed E-state index contributed by atoms with van der Waals surface area (Å²) in [5.74, 6) is 0. The molecule has 0 spiro atoms. The highest BCUT2D eigenvalue weighted by Crippen LogP contribution is 2.42. The second-order valence-corrected chi connectivity index (χ2v) is 9.93. The summed E-state index contributed by atoms with van der Waals surface area (Å²) in [5.41, 5.74) is 9.58. The highest BCUT2D eigenvalue weighted by Gasteiger charge is 2.19. The fourth-order valence-electron chi connectivity index (χ4n) is 5.49. The number of hydrogen-bond donors (Lipinski definition) is 0. The molecule has 1 heterocycles. The van der Waals surface area contributed by atoms with Crippen LogP contribution in [-0.2, 0) is 0 Å². The highest BCUT2D eigenvalue weighted by atomic mass is 16.3. The third kappa shape index (κ3) is 4.28. The van der Waals surface area contributed by atoms with Gasteiger partial charge in [0.1, 0.15) is 11.2 Å². The Bertz CT molecular complexity index is 1870. The first kappa shape index (κ1) is 23.8. The summed E-state index contributed by atoms with van der Waals surface area (Å²) in [5, 5.41) is 2.26. The Morgan fingerprint density at radius 2 is 0.900 bits per heavy atom. The van der Waals surface area contributed by atoms with Crippen molar-refractivity contribution in [2.24, 2.45) is 0 Å². The van der Waals surface area contributed by atoms with Gasteiger partial charge in [0.15, 0.2) is 0 Å². The molecule has 0 amide bonds. The van der Waals surface area contributed by atoms with Crippen LogP contribution in [0, 0.1) is 6.92 Å². The molecule has 1 aromatic heterocycles. The molecule has 0 radical (unpaired) electrons. The Morgan fingerprint density at radius 3 is 1.52 bits per heavy atom. The second-order valence-electron chi connectivity index (χ2n) is 9.93. The number of benzene rings is 6. The zero-order valence-electron chi connectivity index (χ0n) is 22.2. The zero-order chi connectivity index (χ0) is 26.9. The third-order valence-corrected chi connectivity index (χ3v) is 7.34. The molecule has 6 aromatic carbocycles. The van der Waals surface area contributed by atoms with E-state index in [2.05, 4.69) is 156 Å². The number of fused-ring (bicyclic) bond motifs is 3. The summed E-state index contributed by atoms with van der Waals surface area (Å²) in [7, 11) is 0. The van der Waals surface area contributed by atoms with Crippen molar-refractivity contribution in [1.29, 1.82) is 0 Å². The molecule has 0 atom stereocenters. The quantitative estimate of drug-likeness (QED) is 0.219. The molecule has 3 nitrogen and oxygen atoms in total. The zero-order valence-corrected chi connectivity index (χ0v) is 22.2. The molecule has 0 fully saturated rings. The standard InChI is InChI=1S/C37H28N2O/c1-27-25-31(22-24-35(27)39(29-15-7-3-8-16-29)30-17-9-4-10-18-30)38(28-13-5-2-6-14-28)32-21-23-34-33-19-11-12-20-36(33)40-37(34)26-32/h2-26H,1H3. The normalized spacial score (nSPS) is 11.1. The number of aryl methyl sites for hydroxylation is 1. The maximum atomic E-state index is 6.25. The van der Waals surface area contributed by atoms with Crippen LogP contribution in [-0.4, -0.2) is 0 Å². The van der Waals surface area contributed by atoms with Gasteiger partial charge >= 0.3 is 0 Å². The average Bonchev–Trinajstić information content (AvgIpc) is 3.38. The molecule has 40 heavy (non-hydrogen) atoms. The van der Waals surface area contributed by atoms with Gasteiger partial charge in [-0.1, -0.05) is 72.8 Å². The molecule has 192 valence electrons. The predicted octanol–water partition coefficient (Wildman–Crippen LogP) is 10.8. The SMILES string of the molecule is Cc1cc(N(c2ccccc2)c2ccc3c(c2)oc2ccccc23)ccc1N(c1ccccc1)c1ccccc1. The first-order valence-electron chi connectivity index (χ1n) is 13.5. The van der Waals surface area contributed by atoms with Gasteiger partial charge in [0, 0.05) is 51.0 Å². The molecule has 7 rings (SSSR count). The molecule has 0 unspecified atom stereocenters. The number of para-hydroxylation sites is 4. The van der Waals surface area contributed by atoms with E-state index < -0.39 is 0 Å². The summed E-state index contributed by atoms with van der Waals surface area (Å²) in [6.07, 6.45) is 0. The summed E-state index contributed by atoms with van der Waals surface area (Å²) < 4.78 is 6.25. The van der Waals surface area contributed by atoms with E-state index >= 15 is 0 Å². The lowest BCUT2D eigenvalue weighted by molar-refractivity contribution is 0.669. The maximum Gasteiger partial charge on any atom is 0.137 e. The monoisotopic (exact) mass is 516 g/mol. The van der Waals surface area contributed by atoms with E-state index in [-0.39, 0.29) is 0 Å². The van der Waals surface area contributed by atoms with Gasteiger partial charge in [-0.15, -0.1) is 0 Å². The fraction of sp³-hybridized carbons (Fsp3) is 0.0270. The summed E-state index contributed by atoms with van der Waals surface area (Å²) in [6, 6.07) is 53.0. The van der Waals surface area contributed by atoms with Crippen molar-refractivity contribution in [2.75, 3.05) is 9.80 Å². The highest BCUT2D eigenvalue weighted by molar-refractivity contribution is 6.06. The summed E-state index contributed by atoms with van der Waals surface area (Å²) in [6.45, 7) is 2.18. The van der Waals surface area contributed by atoms with Gasteiger partial charge in [0.25, 0.3) is 0 Å². The molecule has 3 heteroatoms. The number of nitrogens with zero attached hydrogens (tertiary/aromatic N) is 2. The van der Waals surface area contributed by atoms with Crippen molar-refractivity contribution < 1.29 is 4.42 Å². The molecular formula is C37H28N2O. The molecule has 0 aliphatic heterocycles. The lowest BCUT2D eigenvalue weighted by Crippen LogP contribution is -2.13. The van der Waals surface area contributed by atoms with Gasteiger partial charge < -0.3 is 14.2 Å². The van der Waals surface area contributed by atoms with E-state index in [0.29, 0.717) is 0 Å². The lowest BCUT2D eigenvalue weighted by Gasteiger charge is -2.29. The Balaban J connectivity index is 1.36. The van der Waals surface area contributed by atoms with Crippen LogP contribution < -0.4 is 9.80 Å². The maximum absolute atomic E-state index is 6.25. The van der Waals surface area contributed by atoms with Crippen molar-refractivity contribution >= 4 is 56.1 Å². The van der Waals surface area contributed by atoms with E-state index in [1.807, 2.05) is 12.1 Å². The number of rotatable bonds is 6. The minimum absolute atomic E-state index is 0.882. The van der Waals surface area contributed by atoms with Gasteiger partial charge in [0.2, 0.25) is 0 Å². The van der Waals surface area contributed by atoms with Crippen LogP contribution in [0.1, 0.15) is 5.56 Å². The molecule has 0 saturated carbocycles. The molecule has 0 saturated heterocycles. The minimum atomic E-state index is 0.882. The van der Waals surface area contributed by atoms with E-state index in [1.165, 1.54) is 5.56 Å². The molecule has 0 aliphatic rings. The van der Waals surface area contributed by atoms with Gasteiger partial charge in [-0.05, 0) is 85.3 Å². The van der Waals surface area contributed by atoms with E-state index in [0.717, 1.165) is 56.1 Å². The smallest absolute Gasteiger partial charge is 0.137 e. The van der Waals surface area contributed by atoms with Crippen LogP contribution in [0.25, 0.3) is 21.9 Å². The van der Waals surface area contributed by atoms with Crippen LogP contribution >= 0.6 is 0 Å². The molecule has 0 bridgehead atoms. The van der Waals surface area contributed by atoms with Crippen LogP contribution in [0.2, 0.25) is 0 Å². The van der Waals surface area contributed by atoms with Crippen LogP contribution in [0.5, 0.6) is 0 Å². The van der Waals surface area contributed by atoms with Crippen molar-refractivity contribution in [3.63, 3.8) is 0 Å². The predicted molar refractivity (Wildman–Crippen MR) is 168 cm³/mol. The molecule has 0 N–H and O–H groups in total. The topological polar surface area (TPSA) is 19.6 Å². The number of anilines is 6. The molecular weight excluding hydrogens is 488 g/mol. The minimum Gasteiger partial charge on any atom is -0.456 e. The van der Waals surface area contributed by atoms with Gasteiger partial charge in [-0.2, -0.15) is 0 Å². The largest absolute Gasteiger partial charge is 0.456 e. The number of furan rings is 1. The van der Waals surface area contributed by atoms with Crippen molar-refractivity contribution in [1.82, 2.24) is 0 Å². The Kier molecular flexibility index (Phi) is 6.02. The first-order chi connectivity index (χ1) is 19.8. The third-order valence-electron chi connectivity index (χ3n) is 7.34. The number of hydrogen-bond acceptors (Lipinski definition) is 3. The first-order valence-corrected chi connectivity index (χ1v) is 13.5. The fourth-order valence-corrected chi connectivity index (χ4v) is 5.49. The van der Waals surface area contributed by atoms with E-state index in [4.69, 9.17) is 4.42 Å². The Labute approximate surface area is 234 Å². The van der Waals surface area contributed by atoms with Crippen LogP contribution in [0.15, 0.2) is 156 Å². The molecule has 7 aromatic rings. The van der Waals surface area contributed by atoms with Gasteiger partial charge in [-0.3, -0.25) is 0 Å². The van der Waals surface area contributed by atoms with Crippen LogP contribution in [0.3, 0.4) is 0 Å². The summed E-state index contributed by atoms with van der Waals surface area (Å²) >= 11 is 0. The van der Waals surface area contributed by atoms with E-state index in [1.54, 1.807) is 0 Å². The summed E-state index contributed by atoms with van der Waals surface area (Å²) in [4.78, 5) is 4.60.